The van der Waals surface area contributed by atoms with Crippen molar-refractivity contribution in [3.05, 3.63) is 42.1 Å². The maximum atomic E-state index is 12.7. The molecule has 1 aromatic carbocycles. The van der Waals surface area contributed by atoms with Crippen LogP contribution < -0.4 is 0 Å². The van der Waals surface area contributed by atoms with E-state index >= 15 is 0 Å². The molecule has 1 aliphatic rings. The summed E-state index contributed by atoms with van der Waals surface area (Å²) in [5, 5.41) is 0.998. The smallest absolute Gasteiger partial charge is 0.254 e. The second-order valence-corrected chi connectivity index (χ2v) is 5.56. The number of rotatable bonds is 4. The summed E-state index contributed by atoms with van der Waals surface area (Å²) in [6.45, 7) is 0.621. The van der Waals surface area contributed by atoms with Crippen molar-refractivity contribution in [3.63, 3.8) is 0 Å². The second kappa shape index (κ2) is 5.80. The van der Waals surface area contributed by atoms with E-state index < -0.39 is 0 Å². The highest BCUT2D eigenvalue weighted by Gasteiger charge is 2.28. The molecule has 3 rings (SSSR count). The molecule has 3 nitrogen and oxygen atoms in total. The van der Waals surface area contributed by atoms with Gasteiger partial charge in [-0.3, -0.25) is 9.78 Å². The number of hydrogen-bond donors (Lipinski definition) is 0. The van der Waals surface area contributed by atoms with Crippen LogP contribution >= 0.6 is 11.6 Å². The SMILES string of the molecule is O=C(c1ccc2ncccc2c1)N(CCCl)C1CCC1. The van der Waals surface area contributed by atoms with E-state index in [1.165, 1.54) is 6.42 Å². The van der Waals surface area contributed by atoms with E-state index in [-0.39, 0.29) is 5.91 Å². The molecular formula is C16H17ClN2O. The summed E-state index contributed by atoms with van der Waals surface area (Å²) in [7, 11) is 0. The first-order chi connectivity index (χ1) is 9.79. The van der Waals surface area contributed by atoms with Crippen LogP contribution in [0, 0.1) is 0 Å². The minimum Gasteiger partial charge on any atom is -0.334 e. The number of benzene rings is 1. The highest BCUT2D eigenvalue weighted by atomic mass is 35.5. The number of halogens is 1. The Balaban J connectivity index is 1.89. The minimum absolute atomic E-state index is 0.0844. The molecule has 20 heavy (non-hydrogen) atoms. The fourth-order valence-corrected chi connectivity index (χ4v) is 2.80. The summed E-state index contributed by atoms with van der Waals surface area (Å²) in [5.74, 6) is 0.568. The van der Waals surface area contributed by atoms with Crippen molar-refractivity contribution >= 4 is 28.4 Å². The highest BCUT2D eigenvalue weighted by Crippen LogP contribution is 2.26. The van der Waals surface area contributed by atoms with E-state index in [0.29, 0.717) is 18.5 Å². The van der Waals surface area contributed by atoms with E-state index in [9.17, 15) is 4.79 Å². The summed E-state index contributed by atoms with van der Waals surface area (Å²) in [5.41, 5.74) is 1.64. The molecular weight excluding hydrogens is 272 g/mol. The number of amides is 1. The zero-order valence-corrected chi connectivity index (χ0v) is 12.0. The van der Waals surface area contributed by atoms with E-state index in [1.807, 2.05) is 35.2 Å². The van der Waals surface area contributed by atoms with E-state index in [0.717, 1.165) is 29.3 Å². The van der Waals surface area contributed by atoms with Gasteiger partial charge in [-0.15, -0.1) is 11.6 Å². The van der Waals surface area contributed by atoms with E-state index in [1.54, 1.807) is 6.20 Å². The van der Waals surface area contributed by atoms with Crippen molar-refractivity contribution in [3.8, 4) is 0 Å². The highest BCUT2D eigenvalue weighted by molar-refractivity contribution is 6.18. The zero-order chi connectivity index (χ0) is 13.9. The Kier molecular flexibility index (Phi) is 3.88. The molecule has 1 amide bonds. The predicted molar refractivity (Wildman–Crippen MR) is 81.1 cm³/mol. The van der Waals surface area contributed by atoms with Gasteiger partial charge in [0.2, 0.25) is 0 Å². The van der Waals surface area contributed by atoms with Crippen LogP contribution in [-0.2, 0) is 0 Å². The monoisotopic (exact) mass is 288 g/mol. The van der Waals surface area contributed by atoms with Crippen LogP contribution in [0.15, 0.2) is 36.5 Å². The first-order valence-electron chi connectivity index (χ1n) is 7.01. The number of hydrogen-bond acceptors (Lipinski definition) is 2. The molecule has 2 aromatic rings. The maximum absolute atomic E-state index is 12.7. The van der Waals surface area contributed by atoms with Gasteiger partial charge in [-0.2, -0.15) is 0 Å². The van der Waals surface area contributed by atoms with Crippen molar-refractivity contribution in [2.45, 2.75) is 25.3 Å². The standard InChI is InChI=1S/C16H17ClN2O/c17-8-10-19(14-4-1-5-14)16(20)13-6-7-15-12(11-13)3-2-9-18-15/h2-3,6-7,9,11,14H,1,4-5,8,10H2. The van der Waals surface area contributed by atoms with Crippen molar-refractivity contribution in [1.82, 2.24) is 9.88 Å². The van der Waals surface area contributed by atoms with Gasteiger partial charge >= 0.3 is 0 Å². The number of alkyl halides is 1. The molecule has 104 valence electrons. The molecule has 0 radical (unpaired) electrons. The van der Waals surface area contributed by atoms with Crippen LogP contribution in [0.1, 0.15) is 29.6 Å². The normalized spacial score (nSPS) is 15.1. The number of carbonyl (C=O) groups is 1. The Hall–Kier alpha value is -1.61. The van der Waals surface area contributed by atoms with Crippen LogP contribution in [0.3, 0.4) is 0 Å². The lowest BCUT2D eigenvalue weighted by molar-refractivity contribution is 0.0598. The van der Waals surface area contributed by atoms with E-state index in [2.05, 4.69) is 4.98 Å². The summed E-state index contributed by atoms with van der Waals surface area (Å²) in [6.07, 6.45) is 5.16. The fourth-order valence-electron chi connectivity index (χ4n) is 2.61. The largest absolute Gasteiger partial charge is 0.334 e. The Morgan fingerprint density at radius 1 is 1.35 bits per heavy atom. The molecule has 0 N–H and O–H groups in total. The minimum atomic E-state index is 0.0844. The van der Waals surface area contributed by atoms with Crippen LogP contribution in [0.5, 0.6) is 0 Å². The maximum Gasteiger partial charge on any atom is 0.254 e. The molecule has 1 saturated carbocycles. The summed E-state index contributed by atoms with van der Waals surface area (Å²) in [4.78, 5) is 18.9. The molecule has 0 aliphatic heterocycles. The molecule has 1 heterocycles. The van der Waals surface area contributed by atoms with Crippen molar-refractivity contribution in [1.29, 1.82) is 0 Å². The van der Waals surface area contributed by atoms with Crippen LogP contribution in [0.4, 0.5) is 0 Å². The van der Waals surface area contributed by atoms with Gasteiger partial charge in [0.15, 0.2) is 0 Å². The molecule has 1 fully saturated rings. The summed E-state index contributed by atoms with van der Waals surface area (Å²) < 4.78 is 0. The Bertz CT molecular complexity index is 625. The molecule has 4 heteroatoms. The number of fused-ring (bicyclic) bond motifs is 1. The average Bonchev–Trinajstić information content (AvgIpc) is 2.43. The zero-order valence-electron chi connectivity index (χ0n) is 11.3. The molecule has 0 saturated heterocycles. The number of aromatic nitrogens is 1. The Morgan fingerprint density at radius 2 is 2.20 bits per heavy atom. The van der Waals surface area contributed by atoms with Crippen LogP contribution in [0.25, 0.3) is 10.9 Å². The van der Waals surface area contributed by atoms with Gasteiger partial charge in [-0.05, 0) is 43.5 Å². The van der Waals surface area contributed by atoms with Crippen molar-refractivity contribution in [2.75, 3.05) is 12.4 Å². The number of nitrogens with zero attached hydrogens (tertiary/aromatic N) is 2. The number of carbonyl (C=O) groups excluding carboxylic acids is 1. The molecule has 0 atom stereocenters. The van der Waals surface area contributed by atoms with Crippen LogP contribution in [-0.4, -0.2) is 34.3 Å². The lowest BCUT2D eigenvalue weighted by Gasteiger charge is -2.37. The van der Waals surface area contributed by atoms with Crippen LogP contribution in [0.2, 0.25) is 0 Å². The van der Waals surface area contributed by atoms with E-state index in [4.69, 9.17) is 11.6 Å². The van der Waals surface area contributed by atoms with Crippen molar-refractivity contribution in [2.24, 2.45) is 0 Å². The third-order valence-electron chi connectivity index (χ3n) is 3.95. The average molecular weight is 289 g/mol. The number of pyridine rings is 1. The lowest BCUT2D eigenvalue weighted by atomic mass is 9.91. The predicted octanol–water partition coefficient (Wildman–Crippen LogP) is 3.47. The molecule has 1 aromatic heterocycles. The van der Waals surface area contributed by atoms with Gasteiger partial charge in [0.25, 0.3) is 5.91 Å². The lowest BCUT2D eigenvalue weighted by Crippen LogP contribution is -2.45. The first kappa shape index (κ1) is 13.4. The first-order valence-corrected chi connectivity index (χ1v) is 7.55. The molecule has 0 bridgehead atoms. The molecule has 0 unspecified atom stereocenters. The van der Waals surface area contributed by atoms with Gasteiger partial charge in [-0.25, -0.2) is 0 Å². The van der Waals surface area contributed by atoms with Gasteiger partial charge in [0.1, 0.15) is 0 Å². The molecule has 0 spiro atoms. The third kappa shape index (κ3) is 2.50. The molecule has 1 aliphatic carbocycles. The Labute approximate surface area is 123 Å². The van der Waals surface area contributed by atoms with Gasteiger partial charge in [-0.1, -0.05) is 6.07 Å². The van der Waals surface area contributed by atoms with Crippen molar-refractivity contribution < 1.29 is 4.79 Å². The third-order valence-corrected chi connectivity index (χ3v) is 4.12. The van der Waals surface area contributed by atoms with Gasteiger partial charge in [0.05, 0.1) is 5.52 Å². The topological polar surface area (TPSA) is 33.2 Å². The fraction of sp³-hybridized carbons (Fsp3) is 0.375. The summed E-state index contributed by atoms with van der Waals surface area (Å²) >= 11 is 5.84. The van der Waals surface area contributed by atoms with Gasteiger partial charge < -0.3 is 4.90 Å². The Morgan fingerprint density at radius 3 is 2.90 bits per heavy atom. The summed E-state index contributed by atoms with van der Waals surface area (Å²) in [6, 6.07) is 9.92. The van der Waals surface area contributed by atoms with Gasteiger partial charge in [0, 0.05) is 35.6 Å². The second-order valence-electron chi connectivity index (χ2n) is 5.18. The quantitative estimate of drug-likeness (QED) is 0.807.